The molecule has 0 bridgehead atoms. The van der Waals surface area contributed by atoms with E-state index in [4.69, 9.17) is 9.16 Å². The van der Waals surface area contributed by atoms with Gasteiger partial charge in [-0.3, -0.25) is 0 Å². The fourth-order valence-electron chi connectivity index (χ4n) is 1.86. The second-order valence-electron chi connectivity index (χ2n) is 6.90. The van der Waals surface area contributed by atoms with E-state index in [1.807, 2.05) is 0 Å². The van der Waals surface area contributed by atoms with Crippen molar-refractivity contribution >= 4 is 8.32 Å². The minimum atomic E-state index is -1.76. The van der Waals surface area contributed by atoms with Crippen molar-refractivity contribution in [3.63, 3.8) is 0 Å². The summed E-state index contributed by atoms with van der Waals surface area (Å²) in [6, 6.07) is 0. The second-order valence-corrected chi connectivity index (χ2v) is 11.7. The van der Waals surface area contributed by atoms with Gasteiger partial charge in [0.1, 0.15) is 6.10 Å². The van der Waals surface area contributed by atoms with Crippen LogP contribution in [0.4, 0.5) is 0 Å². The first-order valence-electron chi connectivity index (χ1n) is 7.18. The minimum Gasteiger partial charge on any atom is -0.414 e. The molecule has 0 saturated carbocycles. The normalized spacial score (nSPS) is 24.7. The average Bonchev–Trinajstić information content (AvgIpc) is 2.52. The fourth-order valence-corrected chi connectivity index (χ4v) is 2.88. The third-order valence-electron chi connectivity index (χ3n) is 4.32. The van der Waals surface area contributed by atoms with Gasteiger partial charge in [0, 0.05) is 6.61 Å². The molecule has 1 aliphatic heterocycles. The lowest BCUT2D eigenvalue weighted by atomic mass is 10.1. The maximum atomic E-state index is 10.2. The van der Waals surface area contributed by atoms with Crippen LogP contribution in [0.2, 0.25) is 18.1 Å². The van der Waals surface area contributed by atoms with Crippen LogP contribution in [0.1, 0.15) is 46.5 Å². The van der Waals surface area contributed by atoms with Gasteiger partial charge < -0.3 is 14.3 Å². The zero-order valence-corrected chi connectivity index (χ0v) is 13.7. The van der Waals surface area contributed by atoms with Gasteiger partial charge in [-0.05, 0) is 31.0 Å². The summed E-state index contributed by atoms with van der Waals surface area (Å²) in [4.78, 5) is 0. The average molecular weight is 274 g/mol. The Morgan fingerprint density at radius 1 is 1.28 bits per heavy atom. The molecule has 1 aliphatic rings. The van der Waals surface area contributed by atoms with Crippen molar-refractivity contribution in [2.45, 2.75) is 76.8 Å². The Morgan fingerprint density at radius 3 is 2.56 bits per heavy atom. The van der Waals surface area contributed by atoms with Crippen LogP contribution in [0.15, 0.2) is 0 Å². The molecule has 0 aliphatic carbocycles. The molecule has 0 spiro atoms. The number of hydrogen-bond acceptors (Lipinski definition) is 3. The maximum absolute atomic E-state index is 10.2. The van der Waals surface area contributed by atoms with Crippen LogP contribution in [0, 0.1) is 0 Å². The van der Waals surface area contributed by atoms with Crippen LogP contribution in [0.25, 0.3) is 0 Å². The SMILES string of the molecule is CC(C)(C)[Si](C)(C)OC[C@H](O)[C@H]1CCCCCO1. The number of hydrogen-bond donors (Lipinski definition) is 1. The van der Waals surface area contributed by atoms with Gasteiger partial charge in [0.05, 0.1) is 12.7 Å². The van der Waals surface area contributed by atoms with Crippen LogP contribution in [0.5, 0.6) is 0 Å². The zero-order chi connectivity index (χ0) is 13.8. The highest BCUT2D eigenvalue weighted by Crippen LogP contribution is 2.36. The highest BCUT2D eigenvalue weighted by atomic mass is 28.4. The molecule has 1 saturated heterocycles. The summed E-state index contributed by atoms with van der Waals surface area (Å²) in [5.74, 6) is 0. The van der Waals surface area contributed by atoms with E-state index in [9.17, 15) is 5.11 Å². The zero-order valence-electron chi connectivity index (χ0n) is 12.7. The summed E-state index contributed by atoms with van der Waals surface area (Å²) >= 11 is 0. The van der Waals surface area contributed by atoms with E-state index in [1.165, 1.54) is 6.42 Å². The Hall–Kier alpha value is 0.0969. The maximum Gasteiger partial charge on any atom is 0.192 e. The van der Waals surface area contributed by atoms with Gasteiger partial charge in [0.2, 0.25) is 0 Å². The molecule has 1 heterocycles. The molecule has 2 atom stereocenters. The molecule has 4 heteroatoms. The molecule has 0 aromatic carbocycles. The molecular weight excluding hydrogens is 244 g/mol. The van der Waals surface area contributed by atoms with Crippen molar-refractivity contribution in [3.8, 4) is 0 Å². The highest BCUT2D eigenvalue weighted by molar-refractivity contribution is 6.74. The van der Waals surface area contributed by atoms with E-state index < -0.39 is 14.4 Å². The Bertz CT molecular complexity index is 240. The van der Waals surface area contributed by atoms with Crippen molar-refractivity contribution in [1.29, 1.82) is 0 Å². The number of ether oxygens (including phenoxy) is 1. The Balaban J connectivity index is 2.42. The Kier molecular flexibility index (Phi) is 5.84. The van der Waals surface area contributed by atoms with Gasteiger partial charge in [-0.1, -0.05) is 33.6 Å². The van der Waals surface area contributed by atoms with E-state index in [-0.39, 0.29) is 11.1 Å². The number of rotatable bonds is 4. The van der Waals surface area contributed by atoms with E-state index in [0.717, 1.165) is 25.9 Å². The fraction of sp³-hybridized carbons (Fsp3) is 1.00. The third-order valence-corrected chi connectivity index (χ3v) is 8.82. The standard InChI is InChI=1S/C14H30O3Si/c1-14(2,3)18(4,5)17-11-12(15)13-9-7-6-8-10-16-13/h12-13,15H,6-11H2,1-5H3/t12-,13+/m0/s1. The molecule has 0 radical (unpaired) electrons. The monoisotopic (exact) mass is 274 g/mol. The van der Waals surface area contributed by atoms with Crippen LogP contribution < -0.4 is 0 Å². The van der Waals surface area contributed by atoms with Gasteiger partial charge in [0.25, 0.3) is 0 Å². The number of aliphatic hydroxyl groups is 1. The Labute approximate surface area is 113 Å². The van der Waals surface area contributed by atoms with Gasteiger partial charge in [-0.25, -0.2) is 0 Å². The van der Waals surface area contributed by atoms with Crippen molar-refractivity contribution in [1.82, 2.24) is 0 Å². The highest BCUT2D eigenvalue weighted by Gasteiger charge is 2.38. The molecule has 18 heavy (non-hydrogen) atoms. The van der Waals surface area contributed by atoms with Crippen LogP contribution in [-0.4, -0.2) is 38.8 Å². The van der Waals surface area contributed by atoms with E-state index in [0.29, 0.717) is 6.61 Å². The smallest absolute Gasteiger partial charge is 0.192 e. The molecule has 0 aromatic heterocycles. The first-order valence-corrected chi connectivity index (χ1v) is 10.1. The molecule has 1 N–H and O–H groups in total. The second kappa shape index (κ2) is 6.50. The molecule has 0 amide bonds. The summed E-state index contributed by atoms with van der Waals surface area (Å²) in [7, 11) is -1.76. The van der Waals surface area contributed by atoms with E-state index in [2.05, 4.69) is 33.9 Å². The van der Waals surface area contributed by atoms with Crippen molar-refractivity contribution < 1.29 is 14.3 Å². The molecule has 1 fully saturated rings. The minimum absolute atomic E-state index is 0.0303. The van der Waals surface area contributed by atoms with E-state index in [1.54, 1.807) is 0 Å². The molecule has 108 valence electrons. The van der Waals surface area contributed by atoms with Gasteiger partial charge in [-0.15, -0.1) is 0 Å². The third kappa shape index (κ3) is 4.65. The quantitative estimate of drug-likeness (QED) is 0.799. The molecule has 0 unspecified atom stereocenters. The summed E-state index contributed by atoms with van der Waals surface area (Å²) in [5, 5.41) is 10.4. The Morgan fingerprint density at radius 2 is 1.94 bits per heavy atom. The first kappa shape index (κ1) is 16.2. The largest absolute Gasteiger partial charge is 0.414 e. The van der Waals surface area contributed by atoms with Crippen LogP contribution in [-0.2, 0) is 9.16 Å². The summed E-state index contributed by atoms with van der Waals surface area (Å²) in [6.45, 7) is 12.3. The van der Waals surface area contributed by atoms with Crippen molar-refractivity contribution in [2.24, 2.45) is 0 Å². The molecular formula is C14H30O3Si. The lowest BCUT2D eigenvalue weighted by Crippen LogP contribution is -2.44. The molecule has 3 nitrogen and oxygen atoms in total. The first-order chi connectivity index (χ1) is 8.24. The summed E-state index contributed by atoms with van der Waals surface area (Å²) in [6.07, 6.45) is 3.94. The summed E-state index contributed by atoms with van der Waals surface area (Å²) < 4.78 is 11.8. The van der Waals surface area contributed by atoms with Crippen molar-refractivity contribution in [2.75, 3.05) is 13.2 Å². The predicted molar refractivity (Wildman–Crippen MR) is 77.4 cm³/mol. The van der Waals surface area contributed by atoms with Crippen molar-refractivity contribution in [3.05, 3.63) is 0 Å². The topological polar surface area (TPSA) is 38.7 Å². The summed E-state index contributed by atoms with van der Waals surface area (Å²) in [5.41, 5.74) is 0. The van der Waals surface area contributed by atoms with E-state index >= 15 is 0 Å². The van der Waals surface area contributed by atoms with Gasteiger partial charge in [-0.2, -0.15) is 0 Å². The lowest BCUT2D eigenvalue weighted by molar-refractivity contribution is -0.0529. The van der Waals surface area contributed by atoms with Gasteiger partial charge in [0.15, 0.2) is 8.32 Å². The van der Waals surface area contributed by atoms with Gasteiger partial charge >= 0.3 is 0 Å². The van der Waals surface area contributed by atoms with Crippen LogP contribution >= 0.6 is 0 Å². The number of aliphatic hydroxyl groups excluding tert-OH is 1. The van der Waals surface area contributed by atoms with Crippen LogP contribution in [0.3, 0.4) is 0 Å². The predicted octanol–water partition coefficient (Wildman–Crippen LogP) is 3.33. The molecule has 0 aromatic rings. The molecule has 1 rings (SSSR count). The lowest BCUT2D eigenvalue weighted by Gasteiger charge is -2.37.